The standard InChI is InChI=1S/C2H2O5.CH3.2Li/c3-1(4)7-2(5)6;;;/h(H,3,4)(H,5,6);1H3;;/q;-1;2*+1. The fourth-order valence-corrected chi connectivity index (χ4v) is 0.0747. The van der Waals surface area contributed by atoms with Crippen LogP contribution < -0.4 is 37.7 Å². The molecule has 2 N–H and O–H groups in total. The van der Waals surface area contributed by atoms with Crippen molar-refractivity contribution in [2.24, 2.45) is 0 Å². The summed E-state index contributed by atoms with van der Waals surface area (Å²) in [5.41, 5.74) is 0. The summed E-state index contributed by atoms with van der Waals surface area (Å²) in [5, 5.41) is 15.0. The zero-order valence-corrected chi connectivity index (χ0v) is 6.12. The molecule has 0 aliphatic heterocycles. The van der Waals surface area contributed by atoms with E-state index in [1.54, 1.807) is 0 Å². The molecule has 0 aromatic heterocycles. The van der Waals surface area contributed by atoms with Gasteiger partial charge in [0.05, 0.1) is 0 Å². The van der Waals surface area contributed by atoms with Gasteiger partial charge in [-0.1, -0.05) is 0 Å². The Morgan fingerprint density at radius 3 is 1.20 bits per heavy atom. The summed E-state index contributed by atoms with van der Waals surface area (Å²) in [7, 11) is 0. The molecule has 48 valence electrons. The second-order valence-electron chi connectivity index (χ2n) is 0.634. The molecule has 10 heavy (non-hydrogen) atoms. The topological polar surface area (TPSA) is 83.8 Å². The molecule has 0 unspecified atom stereocenters. The van der Waals surface area contributed by atoms with Gasteiger partial charge in [0, 0.05) is 0 Å². The van der Waals surface area contributed by atoms with Crippen molar-refractivity contribution in [1.29, 1.82) is 0 Å². The third-order valence-corrected chi connectivity index (χ3v) is 0.175. The van der Waals surface area contributed by atoms with Crippen molar-refractivity contribution in [3.05, 3.63) is 7.43 Å². The molecular formula is C3H5Li2O5+. The van der Waals surface area contributed by atoms with E-state index in [9.17, 15) is 9.59 Å². The van der Waals surface area contributed by atoms with Crippen molar-refractivity contribution in [1.82, 2.24) is 0 Å². The molecule has 0 aromatic carbocycles. The maximum Gasteiger partial charge on any atom is 1.00 e. The fourth-order valence-electron chi connectivity index (χ4n) is 0.0747. The summed E-state index contributed by atoms with van der Waals surface area (Å²) in [4.78, 5) is 18.4. The fraction of sp³-hybridized carbons (Fsp3) is 0. The van der Waals surface area contributed by atoms with Crippen LogP contribution in [0.4, 0.5) is 9.59 Å². The Labute approximate surface area is 82.1 Å². The smallest absolute Gasteiger partial charge is 0.449 e. The monoisotopic (exact) mass is 135 g/mol. The molecule has 0 atom stereocenters. The molecule has 0 rings (SSSR count). The van der Waals surface area contributed by atoms with Crippen LogP contribution in [0.2, 0.25) is 0 Å². The van der Waals surface area contributed by atoms with E-state index in [1.165, 1.54) is 0 Å². The average molecular weight is 135 g/mol. The minimum Gasteiger partial charge on any atom is -0.449 e. The summed E-state index contributed by atoms with van der Waals surface area (Å²) in [5.74, 6) is 0. The van der Waals surface area contributed by atoms with Crippen molar-refractivity contribution in [3.63, 3.8) is 0 Å². The third-order valence-electron chi connectivity index (χ3n) is 0.175. The van der Waals surface area contributed by atoms with E-state index < -0.39 is 12.3 Å². The normalized spacial score (nSPS) is 5.20. The van der Waals surface area contributed by atoms with Crippen LogP contribution in [0.25, 0.3) is 0 Å². The Bertz CT molecular complexity index is 91.1. The molecule has 0 saturated heterocycles. The number of ether oxygens (including phenoxy) is 1. The minimum atomic E-state index is -1.81. The summed E-state index contributed by atoms with van der Waals surface area (Å²) < 4.78 is 3.08. The van der Waals surface area contributed by atoms with Gasteiger partial charge in [0.25, 0.3) is 0 Å². The van der Waals surface area contributed by atoms with Crippen molar-refractivity contribution < 1.29 is 62.3 Å². The van der Waals surface area contributed by atoms with Gasteiger partial charge in [0.2, 0.25) is 0 Å². The van der Waals surface area contributed by atoms with Gasteiger partial charge in [-0.2, -0.15) is 0 Å². The number of rotatable bonds is 0. The molecule has 0 aliphatic rings. The molecule has 0 saturated carbocycles. The molecule has 7 heteroatoms. The number of carboxylic acid groups (broad SMARTS) is 2. The average Bonchev–Trinajstić information content (AvgIpc) is 1.27. The first-order valence-electron chi connectivity index (χ1n) is 1.26. The maximum absolute atomic E-state index is 9.21. The van der Waals surface area contributed by atoms with Gasteiger partial charge in [0.15, 0.2) is 0 Å². The van der Waals surface area contributed by atoms with Crippen LogP contribution in [0, 0.1) is 7.43 Å². The summed E-state index contributed by atoms with van der Waals surface area (Å²) in [6.07, 6.45) is -3.62. The summed E-state index contributed by atoms with van der Waals surface area (Å²) >= 11 is 0. The van der Waals surface area contributed by atoms with Crippen LogP contribution in [0.5, 0.6) is 0 Å². The van der Waals surface area contributed by atoms with Gasteiger partial charge >= 0.3 is 50.0 Å². The molecule has 0 aliphatic carbocycles. The molecule has 0 radical (unpaired) electrons. The number of hydrogen-bond donors (Lipinski definition) is 2. The van der Waals surface area contributed by atoms with Crippen molar-refractivity contribution >= 4 is 12.3 Å². The number of carbonyl (C=O) groups is 2. The van der Waals surface area contributed by atoms with Gasteiger partial charge in [-0.25, -0.2) is 9.59 Å². The molecule has 5 nitrogen and oxygen atoms in total. The Hall–Kier alpha value is -0.0652. The maximum atomic E-state index is 9.21. The van der Waals surface area contributed by atoms with E-state index in [4.69, 9.17) is 10.2 Å². The molecule has 0 spiro atoms. The van der Waals surface area contributed by atoms with Crippen LogP contribution >= 0.6 is 0 Å². The van der Waals surface area contributed by atoms with Crippen molar-refractivity contribution in [2.45, 2.75) is 0 Å². The molecular weight excluding hydrogens is 130 g/mol. The van der Waals surface area contributed by atoms with Gasteiger partial charge in [0.1, 0.15) is 0 Å². The first-order valence-corrected chi connectivity index (χ1v) is 1.26. The third kappa shape index (κ3) is 24.6. The van der Waals surface area contributed by atoms with E-state index in [0.717, 1.165) is 0 Å². The summed E-state index contributed by atoms with van der Waals surface area (Å²) in [6, 6.07) is 0. The van der Waals surface area contributed by atoms with E-state index in [1.807, 2.05) is 0 Å². The van der Waals surface area contributed by atoms with Crippen molar-refractivity contribution in [2.75, 3.05) is 0 Å². The van der Waals surface area contributed by atoms with Crippen LogP contribution in [0.3, 0.4) is 0 Å². The zero-order chi connectivity index (χ0) is 5.86. The minimum absolute atomic E-state index is 0. The second-order valence-corrected chi connectivity index (χ2v) is 0.634. The second kappa shape index (κ2) is 11.7. The van der Waals surface area contributed by atoms with E-state index in [0.29, 0.717) is 0 Å². The van der Waals surface area contributed by atoms with E-state index in [-0.39, 0.29) is 45.1 Å². The van der Waals surface area contributed by atoms with Crippen molar-refractivity contribution in [3.8, 4) is 0 Å². The first kappa shape index (κ1) is 22.5. The Balaban J connectivity index is -0.0000000600. The van der Waals surface area contributed by atoms with Crippen LogP contribution in [-0.4, -0.2) is 22.5 Å². The largest absolute Gasteiger partial charge is 1.00 e. The Morgan fingerprint density at radius 2 is 1.20 bits per heavy atom. The molecule has 0 amide bonds. The SMILES string of the molecule is O=C(O)OC(=O)O.[CH3-].[Li+].[Li+]. The van der Waals surface area contributed by atoms with Gasteiger partial charge < -0.3 is 22.4 Å². The zero-order valence-electron chi connectivity index (χ0n) is 6.12. The number of hydrogen-bond acceptors (Lipinski definition) is 3. The van der Waals surface area contributed by atoms with Gasteiger partial charge in [-0.15, -0.1) is 0 Å². The summed E-state index contributed by atoms with van der Waals surface area (Å²) in [6.45, 7) is 0. The van der Waals surface area contributed by atoms with E-state index in [2.05, 4.69) is 4.74 Å². The molecule has 0 fully saturated rings. The molecule has 0 bridgehead atoms. The quantitative estimate of drug-likeness (QED) is 0.150. The predicted molar refractivity (Wildman–Crippen MR) is 23.5 cm³/mol. The van der Waals surface area contributed by atoms with Gasteiger partial charge in [-0.3, -0.25) is 0 Å². The van der Waals surface area contributed by atoms with Gasteiger partial charge in [-0.05, 0) is 0 Å². The van der Waals surface area contributed by atoms with Crippen LogP contribution in [-0.2, 0) is 4.74 Å². The molecule has 0 aromatic rings. The molecule has 0 heterocycles. The Morgan fingerprint density at radius 1 is 1.00 bits per heavy atom. The van der Waals surface area contributed by atoms with Crippen LogP contribution in [0.15, 0.2) is 0 Å². The first-order chi connectivity index (χ1) is 3.13. The predicted octanol–water partition coefficient (Wildman–Crippen LogP) is -5.18. The Kier molecular flexibility index (Phi) is 26.3. The van der Waals surface area contributed by atoms with E-state index >= 15 is 0 Å². The van der Waals surface area contributed by atoms with Crippen LogP contribution in [0.1, 0.15) is 0 Å².